The van der Waals surface area contributed by atoms with Crippen molar-refractivity contribution in [2.24, 2.45) is 17.8 Å². The fourth-order valence-electron chi connectivity index (χ4n) is 7.36. The van der Waals surface area contributed by atoms with E-state index in [1.165, 1.54) is 35.7 Å². The van der Waals surface area contributed by atoms with Crippen molar-refractivity contribution in [3.8, 4) is 11.8 Å². The number of hydrogen-bond acceptors (Lipinski definition) is 19. The van der Waals surface area contributed by atoms with Crippen LogP contribution in [0, 0.1) is 29.1 Å². The molecule has 0 saturated carbocycles. The summed E-state index contributed by atoms with van der Waals surface area (Å²) >= 11 is 0. The molecule has 5 rings (SSSR count). The first-order chi connectivity index (χ1) is 35.2. The van der Waals surface area contributed by atoms with E-state index >= 15 is 4.57 Å². The van der Waals surface area contributed by atoms with Crippen LogP contribution in [0.4, 0.5) is 10.6 Å². The average Bonchev–Trinajstić information content (AvgIpc) is 3.94. The number of alkyl carbamates (subject to hydrolysis) is 1. The van der Waals surface area contributed by atoms with Gasteiger partial charge in [0.2, 0.25) is 5.60 Å². The number of fused-ring (bicyclic) bond motifs is 1. The van der Waals surface area contributed by atoms with Crippen LogP contribution >= 0.6 is 7.75 Å². The third-order valence-electron chi connectivity index (χ3n) is 11.6. The number of esters is 4. The van der Waals surface area contributed by atoms with Crippen molar-refractivity contribution in [2.75, 3.05) is 32.2 Å². The first-order valence-corrected chi connectivity index (χ1v) is 26.1. The summed E-state index contributed by atoms with van der Waals surface area (Å²) in [6, 6.07) is 17.6. The molecule has 74 heavy (non-hydrogen) atoms. The fraction of sp³-hybridized carbons (Fsp3) is 0.529. The van der Waals surface area contributed by atoms with Gasteiger partial charge < -0.3 is 48.7 Å². The van der Waals surface area contributed by atoms with Crippen LogP contribution in [0.25, 0.3) is 5.52 Å². The Kier molecular flexibility index (Phi) is 21.3. The predicted molar refractivity (Wildman–Crippen MR) is 267 cm³/mol. The summed E-state index contributed by atoms with van der Waals surface area (Å²) in [6.07, 6.45) is -3.78. The van der Waals surface area contributed by atoms with Gasteiger partial charge in [0.25, 0.3) is 0 Å². The lowest BCUT2D eigenvalue weighted by atomic mass is 9.92. The summed E-state index contributed by atoms with van der Waals surface area (Å²) in [6.45, 7) is 14.9. The van der Waals surface area contributed by atoms with Crippen LogP contribution in [-0.2, 0) is 80.1 Å². The lowest BCUT2D eigenvalue weighted by molar-refractivity contribution is -0.173. The SMILES string of the molecule is CCOC(CC)COC(=O)[C@H](C)NP(=O)(OC[C@H]1O[C@@](C#N)(c2ccc3c(N)ncnn23)[C@H](OC(=O)C(C)C)[C@@H]1OC(=O)C(C)C)Oc1ccc(C[C@H](NC(=O)OCc2ccccc2)C(=O)OCCC(C)C)cc1. The van der Waals surface area contributed by atoms with Crippen molar-refractivity contribution < 1.29 is 70.7 Å². The highest BCUT2D eigenvalue weighted by molar-refractivity contribution is 7.52. The molecule has 0 spiro atoms. The van der Waals surface area contributed by atoms with E-state index < -0.39 is 98.3 Å². The van der Waals surface area contributed by atoms with Crippen LogP contribution in [0.15, 0.2) is 73.1 Å². The van der Waals surface area contributed by atoms with E-state index in [0.29, 0.717) is 25.0 Å². The van der Waals surface area contributed by atoms with Crippen LogP contribution < -0.4 is 20.7 Å². The van der Waals surface area contributed by atoms with Crippen molar-refractivity contribution in [2.45, 2.75) is 130 Å². The number of nitriles is 1. The average molecular weight is 1050 g/mol. The molecule has 1 amide bonds. The van der Waals surface area contributed by atoms with E-state index in [1.54, 1.807) is 71.0 Å². The Morgan fingerprint density at radius 1 is 0.865 bits per heavy atom. The van der Waals surface area contributed by atoms with E-state index in [9.17, 15) is 29.2 Å². The molecule has 0 aliphatic carbocycles. The Labute approximate surface area is 430 Å². The van der Waals surface area contributed by atoms with Crippen molar-refractivity contribution in [1.29, 1.82) is 5.26 Å². The number of nitrogens with zero attached hydrogens (tertiary/aromatic N) is 4. The summed E-state index contributed by atoms with van der Waals surface area (Å²) in [5.74, 6) is -4.23. The van der Waals surface area contributed by atoms with Crippen LogP contribution in [0.3, 0.4) is 0 Å². The van der Waals surface area contributed by atoms with Gasteiger partial charge in [-0.1, -0.05) is 90.9 Å². The van der Waals surface area contributed by atoms with Crippen LogP contribution in [0.1, 0.15) is 92.0 Å². The van der Waals surface area contributed by atoms with Crippen molar-refractivity contribution in [3.63, 3.8) is 0 Å². The number of ether oxygens (including phenoxy) is 7. The Morgan fingerprint density at radius 3 is 2.19 bits per heavy atom. The molecule has 1 saturated heterocycles. The third-order valence-corrected chi connectivity index (χ3v) is 13.2. The van der Waals surface area contributed by atoms with Crippen LogP contribution in [-0.4, -0.2) is 107 Å². The molecule has 1 aliphatic heterocycles. The minimum atomic E-state index is -4.78. The molecule has 0 bridgehead atoms. The van der Waals surface area contributed by atoms with Crippen molar-refractivity contribution >= 4 is 49.1 Å². The van der Waals surface area contributed by atoms with Gasteiger partial charge in [0.15, 0.2) is 18.0 Å². The van der Waals surface area contributed by atoms with E-state index in [1.807, 2.05) is 26.8 Å². The summed E-state index contributed by atoms with van der Waals surface area (Å²) in [5.41, 5.74) is 5.44. The van der Waals surface area contributed by atoms with E-state index in [-0.39, 0.29) is 54.9 Å². The minimum absolute atomic E-state index is 0.0236. The van der Waals surface area contributed by atoms with E-state index in [2.05, 4.69) is 26.6 Å². The highest BCUT2D eigenvalue weighted by Gasteiger charge is 2.63. The Balaban J connectivity index is 1.47. The number of aromatic nitrogens is 3. The molecular formula is C51H68N7O15P. The zero-order valence-electron chi connectivity index (χ0n) is 43.2. The van der Waals surface area contributed by atoms with Gasteiger partial charge in [-0.2, -0.15) is 15.4 Å². The zero-order chi connectivity index (χ0) is 54.2. The maximum Gasteiger partial charge on any atom is 0.459 e. The monoisotopic (exact) mass is 1050 g/mol. The normalized spacial score (nSPS) is 19.5. The molecule has 2 aromatic heterocycles. The maximum atomic E-state index is 15.1. The summed E-state index contributed by atoms with van der Waals surface area (Å²) in [5, 5.41) is 20.6. The van der Waals surface area contributed by atoms with Crippen molar-refractivity contribution in [3.05, 3.63) is 89.9 Å². The smallest absolute Gasteiger partial charge is 0.459 e. The summed E-state index contributed by atoms with van der Waals surface area (Å²) < 4.78 is 69.0. The number of nitrogens with two attached hydrogens (primary N) is 1. The second-order valence-corrected chi connectivity index (χ2v) is 20.2. The van der Waals surface area contributed by atoms with Gasteiger partial charge in [0.05, 0.1) is 36.8 Å². The van der Waals surface area contributed by atoms with Gasteiger partial charge in [-0.05, 0) is 68.0 Å². The molecule has 4 N–H and O–H groups in total. The second kappa shape index (κ2) is 27.1. The molecule has 2 unspecified atom stereocenters. The summed E-state index contributed by atoms with van der Waals surface area (Å²) in [7, 11) is -4.78. The number of carbonyl (C=O) groups excluding carboxylic acids is 5. The summed E-state index contributed by atoms with van der Waals surface area (Å²) in [4.78, 5) is 70.7. The molecule has 4 aromatic rings. The highest BCUT2D eigenvalue weighted by atomic mass is 31.2. The molecular weight excluding hydrogens is 982 g/mol. The van der Waals surface area contributed by atoms with Gasteiger partial charge in [0.1, 0.15) is 55.1 Å². The molecule has 23 heteroatoms. The zero-order valence-corrected chi connectivity index (χ0v) is 44.1. The largest absolute Gasteiger partial charge is 0.464 e. The number of amides is 1. The number of nitrogen functional groups attached to an aromatic ring is 1. The van der Waals surface area contributed by atoms with Crippen molar-refractivity contribution in [1.82, 2.24) is 25.0 Å². The molecule has 402 valence electrons. The van der Waals surface area contributed by atoms with Crippen LogP contribution in [0.5, 0.6) is 5.75 Å². The number of hydrogen-bond donors (Lipinski definition) is 3. The first kappa shape index (κ1) is 58.3. The standard InChI is InChI=1S/C51H68N7O15P/c1-10-37(65-11-2)27-67-48(61)34(9)57-74(64,73-38-19-17-35(18-20-38)25-39(49(62)66-24-23-31(3)4)56-50(63)68-26-36-15-13-12-14-16-36)69-28-41-43(70-46(59)32(5)6)44(71-47(60)33(7)8)51(29-52,72-41)42-22-21-40-45(53)54-30-55-58(40)42/h12-22,30-34,37,39,41,43-44H,10-11,23-28H2,1-9H3,(H,56,63)(H,57,64)(H2,53,54,55)/t34-,37?,39-,41+,43+,44+,51-,74?/m0/s1. The van der Waals surface area contributed by atoms with Crippen LogP contribution in [0.2, 0.25) is 0 Å². The lowest BCUT2D eigenvalue weighted by Crippen LogP contribution is -2.47. The number of nitrogens with one attached hydrogen (secondary N) is 2. The van der Waals surface area contributed by atoms with E-state index in [0.717, 1.165) is 11.9 Å². The predicted octanol–water partition coefficient (Wildman–Crippen LogP) is 6.53. The molecule has 8 atom stereocenters. The number of rotatable bonds is 27. The molecule has 22 nitrogen and oxygen atoms in total. The number of benzene rings is 2. The second-order valence-electron chi connectivity index (χ2n) is 18.5. The number of anilines is 1. The Hall–Kier alpha value is -6.63. The minimum Gasteiger partial charge on any atom is -0.464 e. The molecule has 0 radical (unpaired) electrons. The van der Waals surface area contributed by atoms with Gasteiger partial charge in [-0.3, -0.25) is 18.9 Å². The third kappa shape index (κ3) is 15.7. The molecule has 1 aliphatic rings. The van der Waals surface area contributed by atoms with Gasteiger partial charge in [-0.15, -0.1) is 0 Å². The Bertz CT molecular complexity index is 2610. The maximum absolute atomic E-state index is 15.1. The quantitative estimate of drug-likeness (QED) is 0.0325. The fourth-order valence-corrected chi connectivity index (χ4v) is 8.86. The topological polar surface area (TPSA) is 290 Å². The molecule has 3 heterocycles. The molecule has 2 aromatic carbocycles. The first-order valence-electron chi connectivity index (χ1n) is 24.5. The number of carbonyl (C=O) groups is 5. The van der Waals surface area contributed by atoms with Gasteiger partial charge in [-0.25, -0.2) is 23.7 Å². The highest BCUT2D eigenvalue weighted by Crippen LogP contribution is 2.49. The van der Waals surface area contributed by atoms with Gasteiger partial charge >= 0.3 is 37.7 Å². The van der Waals surface area contributed by atoms with Gasteiger partial charge in [0, 0.05) is 13.0 Å². The lowest BCUT2D eigenvalue weighted by Gasteiger charge is -2.29. The molecule has 1 fully saturated rings. The Morgan fingerprint density at radius 2 is 1.55 bits per heavy atom. The van der Waals surface area contributed by atoms with E-state index in [4.69, 9.17) is 47.9 Å².